The molecule has 0 saturated heterocycles. The number of hydrogen-bond acceptors (Lipinski definition) is 2. The van der Waals surface area contributed by atoms with Crippen molar-refractivity contribution < 1.29 is 49.0 Å². The SMILES string of the molecule is C/C=C/CCc1ccc(OCC(F)(F)Oc2cc(F)c(C(F)(F)F)c(F)c2)c(F)c1F. The lowest BCUT2D eigenvalue weighted by molar-refractivity contribution is -0.196. The summed E-state index contributed by atoms with van der Waals surface area (Å²) in [5.41, 5.74) is -2.28. The van der Waals surface area contributed by atoms with E-state index >= 15 is 0 Å². The molecule has 170 valence electrons. The quantitative estimate of drug-likeness (QED) is 0.319. The molecule has 0 bridgehead atoms. The second kappa shape index (κ2) is 9.52. The van der Waals surface area contributed by atoms with Crippen LogP contribution in [0.4, 0.5) is 39.5 Å². The maximum Gasteiger partial charge on any atom is 0.433 e. The van der Waals surface area contributed by atoms with Crippen molar-refractivity contribution >= 4 is 0 Å². The third-order valence-corrected chi connectivity index (χ3v) is 3.90. The Labute approximate surface area is 170 Å². The molecule has 0 radical (unpaired) electrons. The van der Waals surface area contributed by atoms with Gasteiger partial charge in [0.05, 0.1) is 0 Å². The number of rotatable bonds is 8. The summed E-state index contributed by atoms with van der Waals surface area (Å²) in [6, 6.07) is 1.88. The van der Waals surface area contributed by atoms with Gasteiger partial charge in [-0.25, -0.2) is 13.2 Å². The summed E-state index contributed by atoms with van der Waals surface area (Å²) in [5, 5.41) is 0. The molecule has 31 heavy (non-hydrogen) atoms. The fraction of sp³-hybridized carbons (Fsp3) is 0.300. The van der Waals surface area contributed by atoms with Gasteiger partial charge in [0.1, 0.15) is 22.9 Å². The second-order valence-corrected chi connectivity index (χ2v) is 6.25. The van der Waals surface area contributed by atoms with Crippen LogP contribution in [0.15, 0.2) is 36.4 Å². The van der Waals surface area contributed by atoms with Crippen LogP contribution in [0.5, 0.6) is 11.5 Å². The van der Waals surface area contributed by atoms with Crippen molar-refractivity contribution in [3.05, 3.63) is 70.8 Å². The highest BCUT2D eigenvalue weighted by molar-refractivity contribution is 5.33. The molecule has 0 fully saturated rings. The number of benzene rings is 2. The number of hydrogen-bond donors (Lipinski definition) is 0. The summed E-state index contributed by atoms with van der Waals surface area (Å²) >= 11 is 0. The van der Waals surface area contributed by atoms with Gasteiger partial charge < -0.3 is 9.47 Å². The smallest absolute Gasteiger partial charge is 0.433 e. The summed E-state index contributed by atoms with van der Waals surface area (Å²) in [6.45, 7) is 0.0229. The zero-order valence-electron chi connectivity index (χ0n) is 15.8. The van der Waals surface area contributed by atoms with Gasteiger partial charge in [0.25, 0.3) is 0 Å². The predicted octanol–water partition coefficient (Wildman–Crippen LogP) is 6.82. The third-order valence-electron chi connectivity index (χ3n) is 3.90. The summed E-state index contributed by atoms with van der Waals surface area (Å²) in [7, 11) is 0. The van der Waals surface area contributed by atoms with Crippen molar-refractivity contribution in [1.82, 2.24) is 0 Å². The highest BCUT2D eigenvalue weighted by Crippen LogP contribution is 2.36. The lowest BCUT2D eigenvalue weighted by atomic mass is 10.1. The fourth-order valence-corrected chi connectivity index (χ4v) is 2.53. The van der Waals surface area contributed by atoms with Crippen LogP contribution in [-0.4, -0.2) is 12.7 Å². The van der Waals surface area contributed by atoms with Crippen molar-refractivity contribution in [2.45, 2.75) is 32.1 Å². The van der Waals surface area contributed by atoms with Crippen LogP contribution < -0.4 is 9.47 Å². The molecule has 2 aromatic rings. The predicted molar refractivity (Wildman–Crippen MR) is 91.9 cm³/mol. The van der Waals surface area contributed by atoms with E-state index in [9.17, 15) is 39.5 Å². The Hall–Kier alpha value is -2.85. The maximum absolute atomic E-state index is 14.0. The fourth-order valence-electron chi connectivity index (χ4n) is 2.53. The van der Waals surface area contributed by atoms with Gasteiger partial charge in [-0.15, -0.1) is 0 Å². The maximum atomic E-state index is 14.0. The van der Waals surface area contributed by atoms with Gasteiger partial charge in [0, 0.05) is 12.1 Å². The van der Waals surface area contributed by atoms with Crippen molar-refractivity contribution in [1.29, 1.82) is 0 Å². The summed E-state index contributed by atoms with van der Waals surface area (Å²) in [4.78, 5) is 0. The van der Waals surface area contributed by atoms with E-state index in [1.807, 2.05) is 0 Å². The van der Waals surface area contributed by atoms with Crippen molar-refractivity contribution in [3.8, 4) is 11.5 Å². The van der Waals surface area contributed by atoms with Crippen LogP contribution in [0.25, 0.3) is 0 Å². The molecule has 0 saturated carbocycles. The average Bonchev–Trinajstić information content (AvgIpc) is 2.62. The molecule has 11 heteroatoms. The van der Waals surface area contributed by atoms with Gasteiger partial charge in [-0.05, 0) is 31.4 Å². The van der Waals surface area contributed by atoms with Gasteiger partial charge in [0.2, 0.25) is 5.82 Å². The minimum absolute atomic E-state index is 0.0123. The van der Waals surface area contributed by atoms with E-state index in [2.05, 4.69) is 9.47 Å². The Morgan fingerprint density at radius 1 is 0.903 bits per heavy atom. The second-order valence-electron chi connectivity index (χ2n) is 6.25. The first-order valence-electron chi connectivity index (χ1n) is 8.69. The molecule has 0 unspecified atom stereocenters. The molecule has 0 atom stereocenters. The summed E-state index contributed by atoms with van der Waals surface area (Å²) in [6.07, 6.45) is -5.74. The number of aryl methyl sites for hydroxylation is 1. The summed E-state index contributed by atoms with van der Waals surface area (Å²) < 4.78 is 129. The average molecular weight is 458 g/mol. The zero-order chi connectivity index (χ0) is 23.4. The first-order chi connectivity index (χ1) is 14.4. The van der Waals surface area contributed by atoms with Gasteiger partial charge in [-0.3, -0.25) is 0 Å². The van der Waals surface area contributed by atoms with Crippen molar-refractivity contribution in [3.63, 3.8) is 0 Å². The van der Waals surface area contributed by atoms with E-state index in [1.54, 1.807) is 19.1 Å². The summed E-state index contributed by atoms with van der Waals surface area (Å²) in [5.74, 6) is -9.29. The minimum Gasteiger partial charge on any atom is -0.480 e. The number of alkyl halides is 5. The Morgan fingerprint density at radius 3 is 2.06 bits per heavy atom. The first kappa shape index (κ1) is 24.4. The Morgan fingerprint density at radius 2 is 1.52 bits per heavy atom. The monoisotopic (exact) mass is 458 g/mol. The van der Waals surface area contributed by atoms with E-state index in [1.165, 1.54) is 0 Å². The standard InChI is InChI=1S/C20H15F9O2/c1-2-3-4-5-11-6-7-15(18(24)17(11)23)30-10-19(25,26)31-12-8-13(21)16(14(22)9-12)20(27,28)29/h2-3,6-9H,4-5,10H2,1H3/b3-2+. The Balaban J connectivity index is 2.11. The molecule has 0 aliphatic rings. The zero-order valence-corrected chi connectivity index (χ0v) is 15.8. The number of ether oxygens (including phenoxy) is 2. The molecule has 2 nitrogen and oxygen atoms in total. The lowest BCUT2D eigenvalue weighted by Gasteiger charge is -2.20. The molecule has 0 amide bonds. The van der Waals surface area contributed by atoms with Crippen LogP contribution in [0.1, 0.15) is 24.5 Å². The van der Waals surface area contributed by atoms with E-state index in [0.717, 1.165) is 12.1 Å². The van der Waals surface area contributed by atoms with Gasteiger partial charge in [-0.2, -0.15) is 26.3 Å². The normalized spacial score (nSPS) is 12.5. The molecule has 0 heterocycles. The molecule has 2 aromatic carbocycles. The topological polar surface area (TPSA) is 18.5 Å². The van der Waals surface area contributed by atoms with Gasteiger partial charge >= 0.3 is 12.3 Å². The molecule has 0 spiro atoms. The molecule has 0 aliphatic heterocycles. The Kier molecular flexibility index (Phi) is 7.50. The number of allylic oxidation sites excluding steroid dienone is 2. The van der Waals surface area contributed by atoms with Crippen LogP contribution in [-0.2, 0) is 12.6 Å². The largest absolute Gasteiger partial charge is 0.480 e. The van der Waals surface area contributed by atoms with Crippen LogP contribution in [0.2, 0.25) is 0 Å². The van der Waals surface area contributed by atoms with E-state index < -0.39 is 59.2 Å². The molecular formula is C20H15F9O2. The van der Waals surface area contributed by atoms with Crippen molar-refractivity contribution in [2.75, 3.05) is 6.61 Å². The molecule has 0 N–H and O–H groups in total. The van der Waals surface area contributed by atoms with Gasteiger partial charge in [0.15, 0.2) is 18.2 Å². The Bertz CT molecular complexity index is 929. The lowest BCUT2D eigenvalue weighted by Crippen LogP contribution is -2.33. The van der Waals surface area contributed by atoms with Crippen LogP contribution in [0, 0.1) is 23.3 Å². The molecular weight excluding hydrogens is 443 g/mol. The molecule has 0 aromatic heterocycles. The van der Waals surface area contributed by atoms with Crippen molar-refractivity contribution in [2.24, 2.45) is 0 Å². The molecule has 0 aliphatic carbocycles. The van der Waals surface area contributed by atoms with Crippen LogP contribution in [0.3, 0.4) is 0 Å². The van der Waals surface area contributed by atoms with Gasteiger partial charge in [-0.1, -0.05) is 18.2 Å². The molecule has 2 rings (SSSR count). The van der Waals surface area contributed by atoms with E-state index in [-0.39, 0.29) is 24.1 Å². The van der Waals surface area contributed by atoms with Crippen LogP contribution >= 0.6 is 0 Å². The van der Waals surface area contributed by atoms with E-state index in [0.29, 0.717) is 6.42 Å². The minimum atomic E-state index is -5.39. The first-order valence-corrected chi connectivity index (χ1v) is 8.69. The highest BCUT2D eigenvalue weighted by atomic mass is 19.4. The third kappa shape index (κ3) is 6.31. The number of halogens is 9. The van der Waals surface area contributed by atoms with E-state index in [4.69, 9.17) is 0 Å². The highest BCUT2D eigenvalue weighted by Gasteiger charge is 2.39.